The van der Waals surface area contributed by atoms with Crippen LogP contribution in [0.3, 0.4) is 0 Å². The van der Waals surface area contributed by atoms with E-state index in [1.54, 1.807) is 6.07 Å². The fourth-order valence-electron chi connectivity index (χ4n) is 2.25. The lowest BCUT2D eigenvalue weighted by molar-refractivity contribution is 0.477. The maximum Gasteiger partial charge on any atom is 0.123 e. The van der Waals surface area contributed by atoms with E-state index in [4.69, 9.17) is 11.6 Å². The molecule has 0 aromatic heterocycles. The fraction of sp³-hybridized carbons (Fsp3) is 0. The van der Waals surface area contributed by atoms with Crippen LogP contribution in [0.25, 0.3) is 22.3 Å². The van der Waals surface area contributed by atoms with Gasteiger partial charge in [-0.05, 0) is 41.0 Å². The molecule has 0 unspecified atom stereocenters. The summed E-state index contributed by atoms with van der Waals surface area (Å²) >= 11 is 6.04. The zero-order valence-electron chi connectivity index (χ0n) is 10.8. The molecule has 98 valence electrons. The van der Waals surface area contributed by atoms with Crippen molar-refractivity contribution >= 4 is 11.6 Å². The molecule has 1 N–H and O–H groups in total. The maximum absolute atomic E-state index is 9.95. The Morgan fingerprint density at radius 3 is 2.05 bits per heavy atom. The predicted molar refractivity (Wildman–Crippen MR) is 84.0 cm³/mol. The van der Waals surface area contributed by atoms with Crippen LogP contribution in [0, 0.1) is 0 Å². The summed E-state index contributed by atoms with van der Waals surface area (Å²) in [6, 6.07) is 23.2. The number of phenols is 1. The van der Waals surface area contributed by atoms with Crippen LogP contribution in [0.1, 0.15) is 0 Å². The van der Waals surface area contributed by atoms with Crippen LogP contribution in [0.4, 0.5) is 0 Å². The van der Waals surface area contributed by atoms with E-state index < -0.39 is 0 Å². The van der Waals surface area contributed by atoms with Gasteiger partial charge in [-0.25, -0.2) is 0 Å². The Hall–Kier alpha value is -2.25. The number of benzene rings is 3. The summed E-state index contributed by atoms with van der Waals surface area (Å²) in [7, 11) is 0. The number of aromatic hydroxyl groups is 1. The fourth-order valence-corrected chi connectivity index (χ4v) is 2.44. The molecule has 1 nitrogen and oxygen atoms in total. The number of para-hydroxylation sites is 1. The highest BCUT2D eigenvalue weighted by Crippen LogP contribution is 2.32. The third-order valence-corrected chi connectivity index (χ3v) is 3.47. The smallest absolute Gasteiger partial charge is 0.123 e. The summed E-state index contributed by atoms with van der Waals surface area (Å²) in [6.45, 7) is 0. The lowest BCUT2D eigenvalue weighted by Crippen LogP contribution is -1.82. The summed E-state index contributed by atoms with van der Waals surface area (Å²) in [5.74, 6) is 0.288. The van der Waals surface area contributed by atoms with Crippen LogP contribution in [-0.4, -0.2) is 5.11 Å². The standard InChI is InChI=1S/C18H13ClO/c19-16-8-4-6-14(12-16)13-5-3-7-15(11-13)17-9-1-2-10-18(17)20/h1-12,20H. The van der Waals surface area contributed by atoms with Gasteiger partial charge in [-0.3, -0.25) is 0 Å². The van der Waals surface area contributed by atoms with E-state index in [1.807, 2.05) is 60.7 Å². The Bertz CT molecular complexity index is 750. The zero-order valence-corrected chi connectivity index (χ0v) is 11.5. The molecule has 0 fully saturated rings. The minimum atomic E-state index is 0.288. The molecule has 0 aliphatic carbocycles. The summed E-state index contributed by atoms with van der Waals surface area (Å²) in [5, 5.41) is 10.7. The van der Waals surface area contributed by atoms with Crippen molar-refractivity contribution in [3.05, 3.63) is 77.8 Å². The first-order chi connectivity index (χ1) is 9.74. The molecule has 0 bridgehead atoms. The number of hydrogen-bond acceptors (Lipinski definition) is 1. The maximum atomic E-state index is 9.95. The first kappa shape index (κ1) is 12.8. The second kappa shape index (κ2) is 5.40. The summed E-state index contributed by atoms with van der Waals surface area (Å²) in [5.41, 5.74) is 3.96. The Kier molecular flexibility index (Phi) is 3.44. The monoisotopic (exact) mass is 280 g/mol. The molecule has 0 aliphatic heterocycles. The molecular weight excluding hydrogens is 268 g/mol. The minimum Gasteiger partial charge on any atom is -0.507 e. The molecule has 0 radical (unpaired) electrons. The van der Waals surface area contributed by atoms with Crippen molar-refractivity contribution < 1.29 is 5.11 Å². The predicted octanol–water partition coefficient (Wildman–Crippen LogP) is 5.38. The molecular formula is C18H13ClO. The van der Waals surface area contributed by atoms with Gasteiger partial charge in [0.25, 0.3) is 0 Å². The van der Waals surface area contributed by atoms with Crippen LogP contribution in [-0.2, 0) is 0 Å². The molecule has 0 spiro atoms. The number of halogens is 1. The topological polar surface area (TPSA) is 20.2 Å². The summed E-state index contributed by atoms with van der Waals surface area (Å²) < 4.78 is 0. The van der Waals surface area contributed by atoms with Crippen LogP contribution < -0.4 is 0 Å². The number of phenolic OH excluding ortho intramolecular Hbond substituents is 1. The Morgan fingerprint density at radius 1 is 0.650 bits per heavy atom. The van der Waals surface area contributed by atoms with Gasteiger partial charge in [0.1, 0.15) is 5.75 Å². The van der Waals surface area contributed by atoms with Crippen LogP contribution in [0.2, 0.25) is 5.02 Å². The van der Waals surface area contributed by atoms with Gasteiger partial charge >= 0.3 is 0 Å². The van der Waals surface area contributed by atoms with Crippen molar-refractivity contribution in [1.82, 2.24) is 0 Å². The largest absolute Gasteiger partial charge is 0.507 e. The molecule has 0 atom stereocenters. The average molecular weight is 281 g/mol. The second-order valence-electron chi connectivity index (χ2n) is 4.61. The molecule has 20 heavy (non-hydrogen) atoms. The quantitative estimate of drug-likeness (QED) is 0.668. The SMILES string of the molecule is Oc1ccccc1-c1cccc(-c2cccc(Cl)c2)c1. The Morgan fingerprint density at radius 2 is 1.30 bits per heavy atom. The molecule has 3 rings (SSSR count). The molecule has 0 heterocycles. The van der Waals surface area contributed by atoms with Gasteiger partial charge in [0.05, 0.1) is 0 Å². The van der Waals surface area contributed by atoms with E-state index in [2.05, 4.69) is 6.07 Å². The van der Waals surface area contributed by atoms with Gasteiger partial charge in [-0.15, -0.1) is 0 Å². The average Bonchev–Trinajstić information content (AvgIpc) is 2.48. The van der Waals surface area contributed by atoms with Gasteiger partial charge in [-0.1, -0.05) is 60.1 Å². The minimum absolute atomic E-state index is 0.288. The van der Waals surface area contributed by atoms with Gasteiger partial charge in [-0.2, -0.15) is 0 Å². The van der Waals surface area contributed by atoms with Gasteiger partial charge in [0.15, 0.2) is 0 Å². The zero-order chi connectivity index (χ0) is 13.9. The van der Waals surface area contributed by atoms with Crippen molar-refractivity contribution in [2.24, 2.45) is 0 Å². The van der Waals surface area contributed by atoms with Crippen LogP contribution >= 0.6 is 11.6 Å². The third kappa shape index (κ3) is 2.54. The van der Waals surface area contributed by atoms with E-state index in [0.29, 0.717) is 0 Å². The van der Waals surface area contributed by atoms with E-state index in [1.165, 1.54) is 0 Å². The van der Waals surface area contributed by atoms with E-state index >= 15 is 0 Å². The first-order valence-electron chi connectivity index (χ1n) is 6.38. The van der Waals surface area contributed by atoms with E-state index in [-0.39, 0.29) is 5.75 Å². The highest BCUT2D eigenvalue weighted by molar-refractivity contribution is 6.30. The normalized spacial score (nSPS) is 10.4. The first-order valence-corrected chi connectivity index (χ1v) is 6.76. The van der Waals surface area contributed by atoms with Crippen molar-refractivity contribution in [2.45, 2.75) is 0 Å². The summed E-state index contributed by atoms with van der Waals surface area (Å²) in [4.78, 5) is 0. The molecule has 3 aromatic rings. The highest BCUT2D eigenvalue weighted by Gasteiger charge is 2.05. The number of rotatable bonds is 2. The highest BCUT2D eigenvalue weighted by atomic mass is 35.5. The molecule has 0 aliphatic rings. The number of hydrogen-bond donors (Lipinski definition) is 1. The van der Waals surface area contributed by atoms with Crippen molar-refractivity contribution in [3.63, 3.8) is 0 Å². The van der Waals surface area contributed by atoms with Gasteiger partial charge < -0.3 is 5.11 Å². The lowest BCUT2D eigenvalue weighted by Gasteiger charge is -2.08. The molecule has 3 aromatic carbocycles. The molecule has 0 saturated carbocycles. The molecule has 2 heteroatoms. The van der Waals surface area contributed by atoms with Crippen molar-refractivity contribution in [3.8, 4) is 28.0 Å². The van der Waals surface area contributed by atoms with Crippen molar-refractivity contribution in [2.75, 3.05) is 0 Å². The third-order valence-electron chi connectivity index (χ3n) is 3.24. The van der Waals surface area contributed by atoms with E-state index in [0.717, 1.165) is 27.3 Å². The second-order valence-corrected chi connectivity index (χ2v) is 5.04. The van der Waals surface area contributed by atoms with E-state index in [9.17, 15) is 5.11 Å². The molecule has 0 saturated heterocycles. The Labute approximate surface area is 123 Å². The Balaban J connectivity index is 2.09. The van der Waals surface area contributed by atoms with Crippen molar-refractivity contribution in [1.29, 1.82) is 0 Å². The summed E-state index contributed by atoms with van der Waals surface area (Å²) in [6.07, 6.45) is 0. The van der Waals surface area contributed by atoms with Crippen LogP contribution in [0.15, 0.2) is 72.8 Å². The molecule has 0 amide bonds. The van der Waals surface area contributed by atoms with Crippen LogP contribution in [0.5, 0.6) is 5.75 Å². The van der Waals surface area contributed by atoms with Gasteiger partial charge in [0.2, 0.25) is 0 Å². The lowest BCUT2D eigenvalue weighted by atomic mass is 9.99. The van der Waals surface area contributed by atoms with Gasteiger partial charge in [0, 0.05) is 10.6 Å².